The molecule has 2 rings (SSSR count). The topological polar surface area (TPSA) is 67.2 Å². The van der Waals surface area contributed by atoms with E-state index in [0.717, 1.165) is 12.1 Å². The highest BCUT2D eigenvalue weighted by Gasteiger charge is 2.32. The van der Waals surface area contributed by atoms with E-state index >= 15 is 0 Å². The van der Waals surface area contributed by atoms with Gasteiger partial charge in [-0.2, -0.15) is 0 Å². The summed E-state index contributed by atoms with van der Waals surface area (Å²) >= 11 is 0. The Morgan fingerprint density at radius 1 is 1.67 bits per heavy atom. The lowest BCUT2D eigenvalue weighted by atomic mass is 9.96. The second-order valence-corrected chi connectivity index (χ2v) is 5.26. The third-order valence-corrected chi connectivity index (χ3v) is 3.57. The SMILES string of the molecule is CCCC(C)(NCc1cncn1C1CC1)C(=O)O. The molecule has 1 aromatic heterocycles. The molecule has 0 radical (unpaired) electrons. The van der Waals surface area contributed by atoms with Gasteiger partial charge in [0.2, 0.25) is 0 Å². The van der Waals surface area contributed by atoms with Crippen molar-refractivity contribution in [2.24, 2.45) is 0 Å². The van der Waals surface area contributed by atoms with Crippen molar-refractivity contribution in [3.05, 3.63) is 18.2 Å². The van der Waals surface area contributed by atoms with E-state index in [9.17, 15) is 9.90 Å². The van der Waals surface area contributed by atoms with Gasteiger partial charge in [0.25, 0.3) is 0 Å². The predicted octanol–water partition coefficient (Wildman–Crippen LogP) is 1.95. The number of hydrogen-bond donors (Lipinski definition) is 2. The summed E-state index contributed by atoms with van der Waals surface area (Å²) in [4.78, 5) is 15.5. The zero-order valence-corrected chi connectivity index (χ0v) is 11.0. The maximum absolute atomic E-state index is 11.3. The fourth-order valence-corrected chi connectivity index (χ4v) is 2.21. The largest absolute Gasteiger partial charge is 0.480 e. The first-order valence-corrected chi connectivity index (χ1v) is 6.56. The number of imidazole rings is 1. The monoisotopic (exact) mass is 251 g/mol. The molecule has 1 aliphatic carbocycles. The molecule has 2 N–H and O–H groups in total. The molecule has 0 saturated heterocycles. The number of aliphatic carboxylic acids is 1. The Bertz CT molecular complexity index is 426. The lowest BCUT2D eigenvalue weighted by Crippen LogP contribution is -2.49. The number of nitrogens with zero attached hydrogens (tertiary/aromatic N) is 2. The van der Waals surface area contributed by atoms with E-state index in [1.54, 1.807) is 6.92 Å². The summed E-state index contributed by atoms with van der Waals surface area (Å²) in [6.07, 6.45) is 7.53. The molecule has 1 saturated carbocycles. The Kier molecular flexibility index (Phi) is 3.71. The van der Waals surface area contributed by atoms with Gasteiger partial charge in [0, 0.05) is 18.8 Å². The predicted molar refractivity (Wildman–Crippen MR) is 68.3 cm³/mol. The molecule has 1 atom stereocenters. The molecule has 100 valence electrons. The highest BCUT2D eigenvalue weighted by molar-refractivity contribution is 5.78. The number of rotatable bonds is 7. The maximum atomic E-state index is 11.3. The number of carboxylic acid groups (broad SMARTS) is 1. The van der Waals surface area contributed by atoms with Gasteiger partial charge >= 0.3 is 5.97 Å². The van der Waals surface area contributed by atoms with E-state index in [-0.39, 0.29) is 0 Å². The molecule has 0 spiro atoms. The van der Waals surface area contributed by atoms with E-state index in [2.05, 4.69) is 14.9 Å². The summed E-state index contributed by atoms with van der Waals surface area (Å²) in [5.41, 5.74) is 0.217. The summed E-state index contributed by atoms with van der Waals surface area (Å²) in [6.45, 7) is 4.30. The number of carboxylic acids is 1. The summed E-state index contributed by atoms with van der Waals surface area (Å²) in [6, 6.07) is 0.576. The summed E-state index contributed by atoms with van der Waals surface area (Å²) in [5.74, 6) is -0.790. The van der Waals surface area contributed by atoms with Gasteiger partial charge in [-0.05, 0) is 26.2 Å². The maximum Gasteiger partial charge on any atom is 0.323 e. The van der Waals surface area contributed by atoms with Gasteiger partial charge < -0.3 is 9.67 Å². The van der Waals surface area contributed by atoms with Crippen molar-refractivity contribution in [3.8, 4) is 0 Å². The van der Waals surface area contributed by atoms with Crippen molar-refractivity contribution in [2.75, 3.05) is 0 Å². The molecule has 1 fully saturated rings. The Balaban J connectivity index is 2.00. The zero-order chi connectivity index (χ0) is 13.2. The Morgan fingerprint density at radius 2 is 2.39 bits per heavy atom. The Hall–Kier alpha value is -1.36. The third-order valence-electron chi connectivity index (χ3n) is 3.57. The van der Waals surface area contributed by atoms with Gasteiger partial charge in [-0.1, -0.05) is 13.3 Å². The van der Waals surface area contributed by atoms with Crippen molar-refractivity contribution in [1.82, 2.24) is 14.9 Å². The highest BCUT2D eigenvalue weighted by Crippen LogP contribution is 2.35. The molecule has 1 aromatic rings. The van der Waals surface area contributed by atoms with E-state index < -0.39 is 11.5 Å². The first-order valence-electron chi connectivity index (χ1n) is 6.56. The van der Waals surface area contributed by atoms with Gasteiger partial charge in [-0.3, -0.25) is 10.1 Å². The number of aromatic nitrogens is 2. The van der Waals surface area contributed by atoms with Crippen LogP contribution in [0.25, 0.3) is 0 Å². The standard InChI is InChI=1S/C13H21N3O2/c1-3-6-13(2,12(17)18)15-8-11-7-14-9-16(11)10-4-5-10/h7,9-10,15H,3-6,8H2,1-2H3,(H,17,18). The fraction of sp³-hybridized carbons (Fsp3) is 0.692. The van der Waals surface area contributed by atoms with Crippen molar-refractivity contribution >= 4 is 5.97 Å². The first-order chi connectivity index (χ1) is 8.57. The number of hydrogen-bond acceptors (Lipinski definition) is 3. The van der Waals surface area contributed by atoms with Crippen LogP contribution in [0, 0.1) is 0 Å². The van der Waals surface area contributed by atoms with Crippen molar-refractivity contribution in [3.63, 3.8) is 0 Å². The van der Waals surface area contributed by atoms with Crippen molar-refractivity contribution < 1.29 is 9.90 Å². The molecule has 0 aromatic carbocycles. The number of carbonyl (C=O) groups is 1. The first kappa shape index (κ1) is 13.1. The van der Waals surface area contributed by atoms with Crippen LogP contribution in [0.5, 0.6) is 0 Å². The van der Waals surface area contributed by atoms with Crippen LogP contribution in [-0.4, -0.2) is 26.2 Å². The van der Waals surface area contributed by atoms with E-state index in [4.69, 9.17) is 0 Å². The molecule has 5 heteroatoms. The van der Waals surface area contributed by atoms with Gasteiger partial charge in [-0.15, -0.1) is 0 Å². The van der Waals surface area contributed by atoms with E-state index in [0.29, 0.717) is 19.0 Å². The van der Waals surface area contributed by atoms with Crippen LogP contribution in [0.15, 0.2) is 12.5 Å². The molecule has 1 heterocycles. The van der Waals surface area contributed by atoms with Gasteiger partial charge in [0.15, 0.2) is 0 Å². The highest BCUT2D eigenvalue weighted by atomic mass is 16.4. The van der Waals surface area contributed by atoms with Crippen LogP contribution in [0.3, 0.4) is 0 Å². The van der Waals surface area contributed by atoms with Crippen LogP contribution >= 0.6 is 0 Å². The van der Waals surface area contributed by atoms with Crippen molar-refractivity contribution in [1.29, 1.82) is 0 Å². The Morgan fingerprint density at radius 3 is 2.94 bits per heavy atom. The molecular weight excluding hydrogens is 230 g/mol. The Labute approximate surface area is 107 Å². The molecule has 0 amide bonds. The van der Waals surface area contributed by atoms with Crippen LogP contribution in [0.2, 0.25) is 0 Å². The second kappa shape index (κ2) is 5.10. The average Bonchev–Trinajstić information content (AvgIpc) is 3.06. The minimum atomic E-state index is -0.854. The fourth-order valence-electron chi connectivity index (χ4n) is 2.21. The summed E-state index contributed by atoms with van der Waals surface area (Å²) < 4.78 is 2.15. The lowest BCUT2D eigenvalue weighted by Gasteiger charge is -2.26. The lowest BCUT2D eigenvalue weighted by molar-refractivity contribution is -0.144. The van der Waals surface area contributed by atoms with Crippen LogP contribution < -0.4 is 5.32 Å². The second-order valence-electron chi connectivity index (χ2n) is 5.26. The number of nitrogens with one attached hydrogen (secondary N) is 1. The quantitative estimate of drug-likeness (QED) is 0.777. The minimum Gasteiger partial charge on any atom is -0.480 e. The van der Waals surface area contributed by atoms with Gasteiger partial charge in [-0.25, -0.2) is 4.98 Å². The molecule has 0 bridgehead atoms. The third kappa shape index (κ3) is 2.72. The summed E-state index contributed by atoms with van der Waals surface area (Å²) in [5, 5.41) is 12.5. The van der Waals surface area contributed by atoms with E-state index in [1.165, 1.54) is 12.8 Å². The zero-order valence-electron chi connectivity index (χ0n) is 11.0. The van der Waals surface area contributed by atoms with E-state index in [1.807, 2.05) is 19.4 Å². The molecule has 0 aliphatic heterocycles. The molecule has 5 nitrogen and oxygen atoms in total. The van der Waals surface area contributed by atoms with Crippen LogP contribution in [-0.2, 0) is 11.3 Å². The average molecular weight is 251 g/mol. The molecule has 18 heavy (non-hydrogen) atoms. The summed E-state index contributed by atoms with van der Waals surface area (Å²) in [7, 11) is 0. The minimum absolute atomic E-state index is 0.555. The molecule has 1 aliphatic rings. The van der Waals surface area contributed by atoms with Crippen molar-refractivity contribution in [2.45, 2.75) is 57.7 Å². The van der Waals surface area contributed by atoms with Crippen LogP contribution in [0.1, 0.15) is 51.3 Å². The molecular formula is C13H21N3O2. The van der Waals surface area contributed by atoms with Crippen LogP contribution in [0.4, 0.5) is 0 Å². The van der Waals surface area contributed by atoms with Gasteiger partial charge in [0.05, 0.1) is 12.0 Å². The normalized spacial score (nSPS) is 18.6. The smallest absolute Gasteiger partial charge is 0.323 e. The van der Waals surface area contributed by atoms with Gasteiger partial charge in [0.1, 0.15) is 5.54 Å². The molecule has 1 unspecified atom stereocenters.